The van der Waals surface area contributed by atoms with Crippen LogP contribution in [0.15, 0.2) is 5.51 Å². The Labute approximate surface area is 135 Å². The normalized spacial score (nSPS) is 39.3. The Kier molecular flexibility index (Phi) is 3.98. The van der Waals surface area contributed by atoms with Crippen molar-refractivity contribution in [2.45, 2.75) is 38.0 Å². The highest BCUT2D eigenvalue weighted by Gasteiger charge is 2.55. The predicted octanol–water partition coefficient (Wildman–Crippen LogP) is 1.44. The van der Waals surface area contributed by atoms with Gasteiger partial charge in [-0.05, 0) is 13.3 Å². The lowest BCUT2D eigenvalue weighted by Crippen LogP contribution is -2.67. The van der Waals surface area contributed by atoms with E-state index >= 15 is 0 Å². The van der Waals surface area contributed by atoms with Gasteiger partial charge in [0.25, 0.3) is 0 Å². The Morgan fingerprint density at radius 1 is 1.41 bits per heavy atom. The quantitative estimate of drug-likeness (QED) is 0.892. The van der Waals surface area contributed by atoms with E-state index in [0.29, 0.717) is 25.9 Å². The number of hydrogen-bond acceptors (Lipinski definition) is 6. The third kappa shape index (κ3) is 2.41. The zero-order valence-electron chi connectivity index (χ0n) is 13.0. The standard InChI is InChI=1S/C16H24N2O3S/c1-11-14(17-10-22-11)7-18-6-12-8-21-5-3-16(12,19)13-9-20-4-2-15(13)18/h10,12-13,15,19H,2-9H2,1H3/t12-,13+,15-,16-/m1/s1. The van der Waals surface area contributed by atoms with Crippen molar-refractivity contribution < 1.29 is 14.6 Å². The van der Waals surface area contributed by atoms with Crippen LogP contribution in [0.25, 0.3) is 0 Å². The number of aromatic nitrogens is 1. The minimum atomic E-state index is -0.614. The molecular formula is C16H24N2O3S. The van der Waals surface area contributed by atoms with Crippen LogP contribution in [0.3, 0.4) is 0 Å². The summed E-state index contributed by atoms with van der Waals surface area (Å²) in [6.45, 7) is 6.71. The monoisotopic (exact) mass is 324 g/mol. The van der Waals surface area contributed by atoms with Gasteiger partial charge in [0.05, 0.1) is 30.0 Å². The van der Waals surface area contributed by atoms with Crippen molar-refractivity contribution in [1.82, 2.24) is 9.88 Å². The molecule has 1 N–H and O–H groups in total. The number of hydrogen-bond donors (Lipinski definition) is 1. The maximum absolute atomic E-state index is 11.3. The first kappa shape index (κ1) is 15.0. The highest BCUT2D eigenvalue weighted by atomic mass is 32.1. The Balaban J connectivity index is 1.61. The fourth-order valence-electron chi connectivity index (χ4n) is 4.42. The SMILES string of the molecule is Cc1scnc1CN1C[C@@H]2COCC[C@]2(O)[C@H]2COCC[C@H]21. The molecule has 122 valence electrons. The molecule has 22 heavy (non-hydrogen) atoms. The summed E-state index contributed by atoms with van der Waals surface area (Å²) < 4.78 is 11.4. The number of aryl methyl sites for hydroxylation is 1. The molecular weight excluding hydrogens is 300 g/mol. The average Bonchev–Trinajstić information content (AvgIpc) is 2.93. The molecule has 0 aliphatic carbocycles. The number of nitrogens with zero attached hydrogens (tertiary/aromatic N) is 2. The van der Waals surface area contributed by atoms with E-state index in [9.17, 15) is 5.11 Å². The van der Waals surface area contributed by atoms with Crippen LogP contribution in [0.1, 0.15) is 23.4 Å². The van der Waals surface area contributed by atoms with Gasteiger partial charge in [-0.1, -0.05) is 0 Å². The molecule has 0 spiro atoms. The molecule has 0 aromatic carbocycles. The van der Waals surface area contributed by atoms with Gasteiger partial charge >= 0.3 is 0 Å². The molecule has 1 aromatic heterocycles. The van der Waals surface area contributed by atoms with Crippen molar-refractivity contribution >= 4 is 11.3 Å². The fraction of sp³-hybridized carbons (Fsp3) is 0.812. The van der Waals surface area contributed by atoms with Crippen molar-refractivity contribution in [2.75, 3.05) is 33.0 Å². The molecule has 0 unspecified atom stereocenters. The summed E-state index contributed by atoms with van der Waals surface area (Å²) in [4.78, 5) is 8.33. The lowest BCUT2D eigenvalue weighted by molar-refractivity contribution is -0.221. The maximum Gasteiger partial charge on any atom is 0.0798 e. The Morgan fingerprint density at radius 2 is 2.27 bits per heavy atom. The van der Waals surface area contributed by atoms with Crippen LogP contribution >= 0.6 is 11.3 Å². The number of rotatable bonds is 2. The summed E-state index contributed by atoms with van der Waals surface area (Å²) in [6, 6.07) is 0.397. The van der Waals surface area contributed by atoms with Crippen molar-refractivity contribution in [3.05, 3.63) is 16.1 Å². The van der Waals surface area contributed by atoms with Crippen LogP contribution in [-0.4, -0.2) is 59.6 Å². The number of aliphatic hydroxyl groups is 1. The molecule has 0 saturated carbocycles. The lowest BCUT2D eigenvalue weighted by atomic mass is 9.66. The largest absolute Gasteiger partial charge is 0.389 e. The minimum absolute atomic E-state index is 0.183. The molecule has 0 amide bonds. The van der Waals surface area contributed by atoms with Crippen molar-refractivity contribution in [2.24, 2.45) is 11.8 Å². The first-order valence-electron chi connectivity index (χ1n) is 8.19. The summed E-state index contributed by atoms with van der Waals surface area (Å²) in [6.07, 6.45) is 1.75. The number of fused-ring (bicyclic) bond motifs is 3. The summed E-state index contributed by atoms with van der Waals surface area (Å²) in [5, 5.41) is 11.3. The molecule has 6 heteroatoms. The summed E-state index contributed by atoms with van der Waals surface area (Å²) in [5.74, 6) is 0.381. The Hall–Kier alpha value is -0.530. The topological polar surface area (TPSA) is 54.8 Å². The third-order valence-corrected chi connectivity index (χ3v) is 6.56. The zero-order chi connectivity index (χ0) is 15.2. The number of ether oxygens (including phenoxy) is 2. The highest BCUT2D eigenvalue weighted by Crippen LogP contribution is 2.44. The van der Waals surface area contributed by atoms with E-state index in [0.717, 1.165) is 32.5 Å². The van der Waals surface area contributed by atoms with E-state index < -0.39 is 5.60 Å². The average molecular weight is 324 g/mol. The van der Waals surface area contributed by atoms with E-state index in [1.165, 1.54) is 10.6 Å². The molecule has 3 aliphatic heterocycles. The molecule has 1 aromatic rings. The lowest BCUT2D eigenvalue weighted by Gasteiger charge is -2.57. The second-order valence-electron chi connectivity index (χ2n) is 6.84. The van der Waals surface area contributed by atoms with Gasteiger partial charge in [-0.3, -0.25) is 4.90 Å². The molecule has 3 fully saturated rings. The van der Waals surface area contributed by atoms with Crippen LogP contribution in [0.4, 0.5) is 0 Å². The first-order chi connectivity index (χ1) is 10.7. The minimum Gasteiger partial charge on any atom is -0.389 e. The summed E-state index contributed by atoms with van der Waals surface area (Å²) >= 11 is 1.71. The van der Waals surface area contributed by atoms with E-state index in [2.05, 4.69) is 16.8 Å². The zero-order valence-corrected chi connectivity index (χ0v) is 13.8. The van der Waals surface area contributed by atoms with Gasteiger partial charge in [0.15, 0.2) is 0 Å². The number of piperidine rings is 1. The van der Waals surface area contributed by atoms with Gasteiger partial charge in [0, 0.05) is 55.5 Å². The fourth-order valence-corrected chi connectivity index (χ4v) is 5.01. The van der Waals surface area contributed by atoms with E-state index in [4.69, 9.17) is 9.47 Å². The van der Waals surface area contributed by atoms with Gasteiger partial charge in [-0.2, -0.15) is 0 Å². The molecule has 0 bridgehead atoms. The van der Waals surface area contributed by atoms with Crippen LogP contribution in [0.2, 0.25) is 0 Å². The van der Waals surface area contributed by atoms with Crippen molar-refractivity contribution in [3.8, 4) is 0 Å². The van der Waals surface area contributed by atoms with Crippen LogP contribution in [-0.2, 0) is 16.0 Å². The van der Waals surface area contributed by atoms with Crippen molar-refractivity contribution in [3.63, 3.8) is 0 Å². The maximum atomic E-state index is 11.3. The highest BCUT2D eigenvalue weighted by molar-refractivity contribution is 7.09. The molecule has 5 nitrogen and oxygen atoms in total. The summed E-state index contributed by atoms with van der Waals surface area (Å²) in [7, 11) is 0. The Bertz CT molecular complexity index is 537. The van der Waals surface area contributed by atoms with Crippen LogP contribution < -0.4 is 0 Å². The predicted molar refractivity (Wildman–Crippen MR) is 83.9 cm³/mol. The van der Waals surface area contributed by atoms with E-state index in [-0.39, 0.29) is 11.8 Å². The molecule has 4 atom stereocenters. The van der Waals surface area contributed by atoms with E-state index in [1.807, 2.05) is 5.51 Å². The molecule has 4 heterocycles. The number of thiazole rings is 1. The van der Waals surface area contributed by atoms with Gasteiger partial charge in [-0.25, -0.2) is 4.98 Å². The molecule has 0 radical (unpaired) electrons. The first-order valence-corrected chi connectivity index (χ1v) is 9.07. The second-order valence-corrected chi connectivity index (χ2v) is 7.89. The smallest absolute Gasteiger partial charge is 0.0798 e. The summed E-state index contributed by atoms with van der Waals surface area (Å²) in [5.41, 5.74) is 2.49. The second kappa shape index (κ2) is 5.83. The molecule has 3 aliphatic rings. The molecule has 3 saturated heterocycles. The Morgan fingerprint density at radius 3 is 3.09 bits per heavy atom. The van der Waals surface area contributed by atoms with Gasteiger partial charge in [0.2, 0.25) is 0 Å². The van der Waals surface area contributed by atoms with Gasteiger partial charge in [-0.15, -0.1) is 11.3 Å². The third-order valence-electron chi connectivity index (χ3n) is 5.76. The van der Waals surface area contributed by atoms with Crippen LogP contribution in [0.5, 0.6) is 0 Å². The number of likely N-dealkylation sites (tertiary alicyclic amines) is 1. The van der Waals surface area contributed by atoms with Gasteiger partial charge in [0.1, 0.15) is 0 Å². The van der Waals surface area contributed by atoms with Crippen molar-refractivity contribution in [1.29, 1.82) is 0 Å². The van der Waals surface area contributed by atoms with E-state index in [1.54, 1.807) is 11.3 Å². The van der Waals surface area contributed by atoms with Gasteiger partial charge < -0.3 is 14.6 Å². The molecule has 4 rings (SSSR count). The van der Waals surface area contributed by atoms with Crippen LogP contribution in [0, 0.1) is 18.8 Å².